The molecule has 0 amide bonds. The van der Waals surface area contributed by atoms with Crippen LogP contribution in [0, 0.1) is 5.82 Å². The Morgan fingerprint density at radius 2 is 2.10 bits per heavy atom. The maximum Gasteiger partial charge on any atom is 0.262 e. The third-order valence-corrected chi connectivity index (χ3v) is 5.22. The van der Waals surface area contributed by atoms with Crippen LogP contribution >= 0.6 is 22.9 Å². The third-order valence-electron chi connectivity index (χ3n) is 2.46. The summed E-state index contributed by atoms with van der Waals surface area (Å²) in [6, 6.07) is 5.33. The van der Waals surface area contributed by atoms with E-state index in [2.05, 4.69) is 10.0 Å². The van der Waals surface area contributed by atoms with Gasteiger partial charge in [0.2, 0.25) is 0 Å². The molecule has 0 aliphatic rings. The monoisotopic (exact) mass is 334 g/mol. The van der Waals surface area contributed by atoms with Gasteiger partial charge in [-0.1, -0.05) is 11.6 Å². The van der Waals surface area contributed by atoms with Crippen LogP contribution in [-0.4, -0.2) is 15.5 Å². The highest BCUT2D eigenvalue weighted by Gasteiger charge is 2.17. The van der Waals surface area contributed by atoms with Crippen LogP contribution in [0.25, 0.3) is 0 Å². The van der Waals surface area contributed by atoms with Gasteiger partial charge >= 0.3 is 0 Å². The molecule has 8 heteroatoms. The number of benzene rings is 1. The lowest BCUT2D eigenvalue weighted by Crippen LogP contribution is -2.12. The van der Waals surface area contributed by atoms with Crippen molar-refractivity contribution in [1.82, 2.24) is 5.32 Å². The Hall–Kier alpha value is -1.15. The zero-order valence-electron chi connectivity index (χ0n) is 10.5. The van der Waals surface area contributed by atoms with Crippen molar-refractivity contribution in [3.63, 3.8) is 0 Å². The topological polar surface area (TPSA) is 58.2 Å². The highest BCUT2D eigenvalue weighted by atomic mass is 35.5. The van der Waals surface area contributed by atoms with Crippen LogP contribution in [0.5, 0.6) is 0 Å². The minimum Gasteiger partial charge on any atom is -0.315 e. The summed E-state index contributed by atoms with van der Waals surface area (Å²) in [5, 5.41) is 4.43. The van der Waals surface area contributed by atoms with Gasteiger partial charge in [-0.3, -0.25) is 4.72 Å². The Morgan fingerprint density at radius 3 is 2.75 bits per heavy atom. The molecule has 2 rings (SSSR count). The van der Waals surface area contributed by atoms with Crippen molar-refractivity contribution in [1.29, 1.82) is 0 Å². The van der Waals surface area contributed by atoms with Crippen molar-refractivity contribution in [2.24, 2.45) is 0 Å². The molecule has 2 aromatic rings. The van der Waals surface area contributed by atoms with Gasteiger partial charge in [-0.2, -0.15) is 0 Å². The minimum atomic E-state index is -3.72. The van der Waals surface area contributed by atoms with Crippen LogP contribution in [-0.2, 0) is 16.6 Å². The summed E-state index contributed by atoms with van der Waals surface area (Å²) in [6.07, 6.45) is 0. The average Bonchev–Trinajstić information content (AvgIpc) is 2.83. The lowest BCUT2D eigenvalue weighted by atomic mass is 10.3. The maximum absolute atomic E-state index is 13.3. The summed E-state index contributed by atoms with van der Waals surface area (Å²) in [6.45, 7) is 0.593. The molecule has 1 aromatic heterocycles. The summed E-state index contributed by atoms with van der Waals surface area (Å²) in [5.41, 5.74) is 0.133. The van der Waals surface area contributed by atoms with Gasteiger partial charge in [0.1, 0.15) is 5.82 Å². The van der Waals surface area contributed by atoms with Crippen LogP contribution in [0.1, 0.15) is 4.88 Å². The lowest BCUT2D eigenvalue weighted by Gasteiger charge is -2.06. The Bertz CT molecular complexity index is 716. The van der Waals surface area contributed by atoms with E-state index in [1.54, 1.807) is 18.5 Å². The number of hydrogen-bond donors (Lipinski definition) is 2. The molecule has 0 saturated heterocycles. The van der Waals surface area contributed by atoms with Crippen molar-refractivity contribution in [3.8, 4) is 0 Å². The molecule has 0 fully saturated rings. The molecular weight excluding hydrogens is 323 g/mol. The maximum atomic E-state index is 13.3. The number of thiophene rings is 1. The number of anilines is 1. The fraction of sp³-hybridized carbons (Fsp3) is 0.167. The van der Waals surface area contributed by atoms with Gasteiger partial charge in [0, 0.05) is 16.8 Å². The Morgan fingerprint density at radius 1 is 1.35 bits per heavy atom. The Balaban J connectivity index is 2.23. The molecule has 1 heterocycles. The van der Waals surface area contributed by atoms with E-state index < -0.39 is 15.8 Å². The quantitative estimate of drug-likeness (QED) is 0.883. The molecule has 0 aliphatic heterocycles. The summed E-state index contributed by atoms with van der Waals surface area (Å²) in [4.78, 5) is 1.05. The first-order valence-corrected chi connectivity index (χ1v) is 8.36. The molecule has 0 spiro atoms. The van der Waals surface area contributed by atoms with Crippen LogP contribution < -0.4 is 10.0 Å². The van der Waals surface area contributed by atoms with E-state index in [-0.39, 0.29) is 15.6 Å². The number of rotatable bonds is 5. The Kier molecular flexibility index (Phi) is 4.64. The van der Waals surface area contributed by atoms with E-state index >= 15 is 0 Å². The van der Waals surface area contributed by atoms with Crippen molar-refractivity contribution >= 4 is 38.6 Å². The molecule has 20 heavy (non-hydrogen) atoms. The summed E-state index contributed by atoms with van der Waals surface area (Å²) in [5.74, 6) is -0.673. The van der Waals surface area contributed by atoms with E-state index in [0.29, 0.717) is 6.54 Å². The van der Waals surface area contributed by atoms with E-state index in [9.17, 15) is 12.8 Å². The van der Waals surface area contributed by atoms with Gasteiger partial charge in [0.05, 0.1) is 15.6 Å². The molecule has 1 aromatic carbocycles. The molecule has 0 radical (unpaired) electrons. The SMILES string of the molecule is CNCc1cc(S(=O)(=O)Nc2ccc(Cl)c(F)c2)cs1. The second-order valence-corrected chi connectivity index (χ2v) is 7.10. The predicted molar refractivity (Wildman–Crippen MR) is 79.3 cm³/mol. The second kappa shape index (κ2) is 6.09. The first-order chi connectivity index (χ1) is 9.42. The standard InChI is InChI=1S/C12H12ClFN2O2S2/c1-15-6-9-5-10(7-19-9)20(17,18)16-8-2-3-11(13)12(14)4-8/h2-5,7,15-16H,6H2,1H3. The average molecular weight is 335 g/mol. The zero-order chi connectivity index (χ0) is 14.8. The molecule has 0 atom stereocenters. The van der Waals surface area contributed by atoms with Crippen LogP contribution in [0.3, 0.4) is 0 Å². The number of nitrogens with one attached hydrogen (secondary N) is 2. The van der Waals surface area contributed by atoms with Gasteiger partial charge in [0.15, 0.2) is 0 Å². The summed E-state index contributed by atoms with van der Waals surface area (Å²) in [7, 11) is -1.94. The molecular formula is C12H12ClFN2O2S2. The van der Waals surface area contributed by atoms with E-state index in [1.165, 1.54) is 23.5 Å². The molecule has 0 saturated carbocycles. The normalized spacial score (nSPS) is 11.6. The number of sulfonamides is 1. The molecule has 0 aliphatic carbocycles. The van der Waals surface area contributed by atoms with E-state index in [0.717, 1.165) is 10.9 Å². The van der Waals surface area contributed by atoms with Crippen molar-refractivity contribution in [2.75, 3.05) is 11.8 Å². The fourth-order valence-corrected chi connectivity index (χ4v) is 4.00. The molecule has 0 bridgehead atoms. The fourth-order valence-electron chi connectivity index (χ4n) is 1.54. The summed E-state index contributed by atoms with van der Waals surface area (Å²) >= 11 is 6.89. The zero-order valence-corrected chi connectivity index (χ0v) is 12.9. The van der Waals surface area contributed by atoms with Gasteiger partial charge in [0.25, 0.3) is 10.0 Å². The van der Waals surface area contributed by atoms with Gasteiger partial charge in [-0.05, 0) is 31.3 Å². The van der Waals surface area contributed by atoms with Crippen LogP contribution in [0.4, 0.5) is 10.1 Å². The van der Waals surface area contributed by atoms with Crippen LogP contribution in [0.15, 0.2) is 34.5 Å². The molecule has 0 unspecified atom stereocenters. The molecule has 108 valence electrons. The molecule has 4 nitrogen and oxygen atoms in total. The minimum absolute atomic E-state index is 0.0558. The number of halogens is 2. The van der Waals surface area contributed by atoms with Gasteiger partial charge in [-0.25, -0.2) is 12.8 Å². The van der Waals surface area contributed by atoms with Crippen molar-refractivity contribution < 1.29 is 12.8 Å². The molecule has 2 N–H and O–H groups in total. The smallest absolute Gasteiger partial charge is 0.262 e. The van der Waals surface area contributed by atoms with Crippen LogP contribution in [0.2, 0.25) is 5.02 Å². The largest absolute Gasteiger partial charge is 0.315 e. The summed E-state index contributed by atoms with van der Waals surface area (Å²) < 4.78 is 39.9. The van der Waals surface area contributed by atoms with E-state index in [4.69, 9.17) is 11.6 Å². The third kappa shape index (κ3) is 3.49. The van der Waals surface area contributed by atoms with Gasteiger partial charge < -0.3 is 5.32 Å². The van der Waals surface area contributed by atoms with E-state index in [1.807, 2.05) is 0 Å². The number of hydrogen-bond acceptors (Lipinski definition) is 4. The lowest BCUT2D eigenvalue weighted by molar-refractivity contribution is 0.601. The second-order valence-electron chi connectivity index (χ2n) is 4.01. The predicted octanol–water partition coefficient (Wildman–Crippen LogP) is 3.06. The van der Waals surface area contributed by atoms with Crippen molar-refractivity contribution in [3.05, 3.63) is 45.4 Å². The van der Waals surface area contributed by atoms with Gasteiger partial charge in [-0.15, -0.1) is 11.3 Å². The first-order valence-electron chi connectivity index (χ1n) is 5.62. The Labute approximate surface area is 125 Å². The highest BCUT2D eigenvalue weighted by molar-refractivity contribution is 7.92. The van der Waals surface area contributed by atoms with Crippen molar-refractivity contribution in [2.45, 2.75) is 11.4 Å². The first kappa shape index (κ1) is 15.2. The highest BCUT2D eigenvalue weighted by Crippen LogP contribution is 2.24.